The van der Waals surface area contributed by atoms with Gasteiger partial charge < -0.3 is 10.7 Å². The lowest BCUT2D eigenvalue weighted by Gasteiger charge is -2.08. The van der Waals surface area contributed by atoms with Gasteiger partial charge in [-0.3, -0.25) is 4.79 Å². The van der Waals surface area contributed by atoms with E-state index in [9.17, 15) is 13.6 Å². The number of anilines is 1. The van der Waals surface area contributed by atoms with Gasteiger partial charge in [0, 0.05) is 12.7 Å². The van der Waals surface area contributed by atoms with E-state index in [2.05, 4.69) is 15.7 Å². The van der Waals surface area contributed by atoms with Crippen LogP contribution in [0.5, 0.6) is 0 Å². The number of aromatic nitrogens is 1. The second kappa shape index (κ2) is 6.76. The van der Waals surface area contributed by atoms with E-state index in [1.54, 1.807) is 12.1 Å². The molecular weight excluding hydrogens is 278 g/mol. The van der Waals surface area contributed by atoms with Crippen molar-refractivity contribution in [2.24, 2.45) is 5.84 Å². The summed E-state index contributed by atoms with van der Waals surface area (Å²) in [4.78, 5) is 15.5. The minimum Gasteiger partial charge on any atom is -0.352 e. The van der Waals surface area contributed by atoms with E-state index in [1.165, 1.54) is 24.4 Å². The summed E-state index contributed by atoms with van der Waals surface area (Å²) in [6.07, 6.45) is 1.80. The van der Waals surface area contributed by atoms with Crippen molar-refractivity contribution < 1.29 is 13.6 Å². The first-order valence-electron chi connectivity index (χ1n) is 6.25. The van der Waals surface area contributed by atoms with Gasteiger partial charge in [0.05, 0.1) is 5.56 Å². The summed E-state index contributed by atoms with van der Waals surface area (Å²) in [6, 6.07) is 7.22. The molecule has 2 rings (SSSR count). The molecule has 5 nitrogen and oxygen atoms in total. The standard InChI is InChI=1S/C14H14F2N4O/c15-10-3-1-9(2-4-10)5-7-19-14(21)11-6-8-18-13(20-17)12(11)16/h1-4,6,8H,5,7,17H2,(H,18,20)(H,19,21). The van der Waals surface area contributed by atoms with Gasteiger partial charge in [-0.1, -0.05) is 12.1 Å². The van der Waals surface area contributed by atoms with Crippen LogP contribution in [-0.4, -0.2) is 17.4 Å². The van der Waals surface area contributed by atoms with E-state index >= 15 is 0 Å². The summed E-state index contributed by atoms with van der Waals surface area (Å²) >= 11 is 0. The van der Waals surface area contributed by atoms with Gasteiger partial charge in [-0.15, -0.1) is 0 Å². The largest absolute Gasteiger partial charge is 0.352 e. The molecule has 1 amide bonds. The number of nitrogens with two attached hydrogens (primary N) is 1. The Morgan fingerprint density at radius 2 is 1.90 bits per heavy atom. The lowest BCUT2D eigenvalue weighted by Crippen LogP contribution is -2.27. The summed E-state index contributed by atoms with van der Waals surface area (Å²) in [5, 5.41) is 2.59. The smallest absolute Gasteiger partial charge is 0.254 e. The Bertz CT molecular complexity index is 631. The molecule has 4 N–H and O–H groups in total. The van der Waals surface area contributed by atoms with Crippen molar-refractivity contribution in [3.05, 3.63) is 59.3 Å². The van der Waals surface area contributed by atoms with Crippen molar-refractivity contribution in [1.82, 2.24) is 10.3 Å². The third kappa shape index (κ3) is 3.73. The molecule has 110 valence electrons. The maximum Gasteiger partial charge on any atom is 0.254 e. The molecule has 0 aliphatic rings. The molecular formula is C14H14F2N4O. The van der Waals surface area contributed by atoms with Gasteiger partial charge in [0.1, 0.15) is 5.82 Å². The Labute approximate surface area is 120 Å². The summed E-state index contributed by atoms with van der Waals surface area (Å²) in [5.74, 6) is 3.22. The van der Waals surface area contributed by atoms with Crippen LogP contribution >= 0.6 is 0 Å². The molecule has 7 heteroatoms. The number of pyridine rings is 1. The molecule has 0 saturated heterocycles. The quantitative estimate of drug-likeness (QED) is 0.578. The van der Waals surface area contributed by atoms with Crippen molar-refractivity contribution in [2.75, 3.05) is 12.0 Å². The lowest BCUT2D eigenvalue weighted by molar-refractivity contribution is 0.0950. The van der Waals surface area contributed by atoms with Crippen LogP contribution in [0.25, 0.3) is 0 Å². The first kappa shape index (κ1) is 14.9. The molecule has 0 saturated carbocycles. The molecule has 2 aromatic rings. The highest BCUT2D eigenvalue weighted by molar-refractivity contribution is 5.95. The van der Waals surface area contributed by atoms with Gasteiger partial charge in [-0.05, 0) is 30.2 Å². The number of hydrogen-bond acceptors (Lipinski definition) is 4. The van der Waals surface area contributed by atoms with Crippen molar-refractivity contribution in [3.63, 3.8) is 0 Å². The highest BCUT2D eigenvalue weighted by Crippen LogP contribution is 2.13. The summed E-state index contributed by atoms with van der Waals surface area (Å²) in [7, 11) is 0. The van der Waals surface area contributed by atoms with Gasteiger partial charge >= 0.3 is 0 Å². The van der Waals surface area contributed by atoms with Crippen LogP contribution in [0.3, 0.4) is 0 Å². The molecule has 1 aromatic heterocycles. The normalized spacial score (nSPS) is 10.2. The number of amides is 1. The first-order chi connectivity index (χ1) is 10.1. The highest BCUT2D eigenvalue weighted by atomic mass is 19.1. The number of carbonyl (C=O) groups is 1. The third-order valence-electron chi connectivity index (χ3n) is 2.88. The number of halogens is 2. The number of benzene rings is 1. The van der Waals surface area contributed by atoms with Crippen LogP contribution in [-0.2, 0) is 6.42 Å². The molecule has 1 aromatic carbocycles. The molecule has 0 aliphatic carbocycles. The summed E-state index contributed by atoms with van der Waals surface area (Å²) in [5.41, 5.74) is 2.81. The SMILES string of the molecule is NNc1nccc(C(=O)NCCc2ccc(F)cc2)c1F. The zero-order valence-electron chi connectivity index (χ0n) is 11.1. The van der Waals surface area contributed by atoms with Gasteiger partial charge in [-0.2, -0.15) is 0 Å². The molecule has 0 radical (unpaired) electrons. The molecule has 21 heavy (non-hydrogen) atoms. The zero-order valence-corrected chi connectivity index (χ0v) is 11.1. The van der Waals surface area contributed by atoms with Gasteiger partial charge in [0.25, 0.3) is 5.91 Å². The first-order valence-corrected chi connectivity index (χ1v) is 6.25. The maximum atomic E-state index is 13.8. The van der Waals surface area contributed by atoms with Crippen LogP contribution in [0, 0.1) is 11.6 Å². The molecule has 1 heterocycles. The molecule has 0 atom stereocenters. The van der Waals surface area contributed by atoms with E-state index in [0.29, 0.717) is 13.0 Å². The molecule has 0 aliphatic heterocycles. The maximum absolute atomic E-state index is 13.8. The van der Waals surface area contributed by atoms with Gasteiger partial charge in [0.15, 0.2) is 11.6 Å². The number of carbonyl (C=O) groups excluding carboxylic acids is 1. The summed E-state index contributed by atoms with van der Waals surface area (Å²) in [6.45, 7) is 0.303. The minimum absolute atomic E-state index is 0.142. The fourth-order valence-electron chi connectivity index (χ4n) is 1.79. The van der Waals surface area contributed by atoms with Crippen LogP contribution in [0.1, 0.15) is 15.9 Å². The van der Waals surface area contributed by atoms with Gasteiger partial charge in [0.2, 0.25) is 0 Å². The fraction of sp³-hybridized carbons (Fsp3) is 0.143. The predicted octanol–water partition coefficient (Wildman–Crippen LogP) is 1.62. The van der Waals surface area contributed by atoms with E-state index in [0.717, 1.165) is 5.56 Å². The van der Waals surface area contributed by atoms with Crippen LogP contribution in [0.2, 0.25) is 0 Å². The van der Waals surface area contributed by atoms with Gasteiger partial charge in [-0.25, -0.2) is 19.6 Å². The second-order valence-corrected chi connectivity index (χ2v) is 4.30. The number of nitrogen functional groups attached to an aromatic ring is 1. The monoisotopic (exact) mass is 292 g/mol. The zero-order chi connectivity index (χ0) is 15.2. The number of hydrazine groups is 1. The van der Waals surface area contributed by atoms with E-state index < -0.39 is 11.7 Å². The number of hydrogen-bond donors (Lipinski definition) is 3. The molecule has 0 bridgehead atoms. The highest BCUT2D eigenvalue weighted by Gasteiger charge is 2.15. The van der Waals surface area contributed by atoms with Crippen LogP contribution < -0.4 is 16.6 Å². The van der Waals surface area contributed by atoms with Crippen LogP contribution in [0.4, 0.5) is 14.6 Å². The molecule has 0 spiro atoms. The Balaban J connectivity index is 1.94. The van der Waals surface area contributed by atoms with E-state index in [1.807, 2.05) is 0 Å². The van der Waals surface area contributed by atoms with Crippen LogP contribution in [0.15, 0.2) is 36.5 Å². The fourth-order valence-corrected chi connectivity index (χ4v) is 1.79. The van der Waals surface area contributed by atoms with Crippen molar-refractivity contribution >= 4 is 11.7 Å². The average molecular weight is 292 g/mol. The molecule has 0 fully saturated rings. The Kier molecular flexibility index (Phi) is 4.78. The van der Waals surface area contributed by atoms with Crippen molar-refractivity contribution in [2.45, 2.75) is 6.42 Å². The van der Waals surface area contributed by atoms with E-state index in [4.69, 9.17) is 5.84 Å². The number of rotatable bonds is 5. The van der Waals surface area contributed by atoms with Crippen molar-refractivity contribution in [1.29, 1.82) is 0 Å². The lowest BCUT2D eigenvalue weighted by atomic mass is 10.1. The average Bonchev–Trinajstić information content (AvgIpc) is 2.49. The Morgan fingerprint density at radius 1 is 1.19 bits per heavy atom. The van der Waals surface area contributed by atoms with Crippen molar-refractivity contribution in [3.8, 4) is 0 Å². The summed E-state index contributed by atoms with van der Waals surface area (Å²) < 4.78 is 26.6. The minimum atomic E-state index is -0.806. The Hall–Kier alpha value is -2.54. The second-order valence-electron chi connectivity index (χ2n) is 4.30. The number of nitrogens with zero attached hydrogens (tertiary/aromatic N) is 1. The third-order valence-corrected chi connectivity index (χ3v) is 2.88. The molecule has 0 unspecified atom stereocenters. The Morgan fingerprint density at radius 3 is 2.57 bits per heavy atom. The number of nitrogens with one attached hydrogen (secondary N) is 2. The van der Waals surface area contributed by atoms with E-state index in [-0.39, 0.29) is 17.2 Å². The predicted molar refractivity (Wildman–Crippen MR) is 74.4 cm³/mol. The topological polar surface area (TPSA) is 80.0 Å².